The minimum atomic E-state index is 0.0898. The number of carbonyl (C=O) groups is 1. The molecule has 2 aliphatic heterocycles. The third-order valence-corrected chi connectivity index (χ3v) is 5.73. The standard InChI is InChI=1S/C23H30N6O/c1-2-24-23(28-15-13-27(14-16-28)21-9-5-6-11-25-21)26-17-22(30)29-12-10-19-7-3-4-8-20(19)18-29/h3-9,11H,2,10,12-18H2,1H3,(H,24,26). The summed E-state index contributed by atoms with van der Waals surface area (Å²) in [4.78, 5) is 28.4. The van der Waals surface area contributed by atoms with Crippen molar-refractivity contribution in [2.75, 3.05) is 50.7 Å². The van der Waals surface area contributed by atoms with Crippen LogP contribution in [0.1, 0.15) is 18.1 Å². The first kappa shape index (κ1) is 20.2. The Labute approximate surface area is 178 Å². The van der Waals surface area contributed by atoms with Crippen LogP contribution in [-0.2, 0) is 17.8 Å². The zero-order valence-corrected chi connectivity index (χ0v) is 17.6. The third-order valence-electron chi connectivity index (χ3n) is 5.73. The van der Waals surface area contributed by atoms with Crippen LogP contribution in [0, 0.1) is 0 Å². The third kappa shape index (κ3) is 4.72. The van der Waals surface area contributed by atoms with Gasteiger partial charge in [0.15, 0.2) is 5.96 Å². The monoisotopic (exact) mass is 406 g/mol. The molecule has 1 N–H and O–H groups in total. The Morgan fingerprint density at radius 2 is 1.77 bits per heavy atom. The number of guanidine groups is 1. The highest BCUT2D eigenvalue weighted by atomic mass is 16.2. The molecule has 1 fully saturated rings. The molecular formula is C23H30N6O. The van der Waals surface area contributed by atoms with Gasteiger partial charge in [-0.05, 0) is 36.6 Å². The Kier molecular flexibility index (Phi) is 6.47. The lowest BCUT2D eigenvalue weighted by Gasteiger charge is -2.37. The van der Waals surface area contributed by atoms with Crippen LogP contribution in [0.15, 0.2) is 53.7 Å². The zero-order valence-electron chi connectivity index (χ0n) is 17.6. The van der Waals surface area contributed by atoms with Gasteiger partial charge >= 0.3 is 0 Å². The Morgan fingerprint density at radius 3 is 2.50 bits per heavy atom. The molecule has 0 spiro atoms. The first-order valence-corrected chi connectivity index (χ1v) is 10.8. The van der Waals surface area contributed by atoms with Gasteiger partial charge in [0.2, 0.25) is 5.91 Å². The molecule has 2 aliphatic rings. The predicted octanol–water partition coefficient (Wildman–Crippen LogP) is 1.75. The fourth-order valence-electron chi connectivity index (χ4n) is 4.07. The van der Waals surface area contributed by atoms with E-state index < -0.39 is 0 Å². The molecule has 3 heterocycles. The van der Waals surface area contributed by atoms with Gasteiger partial charge in [-0.1, -0.05) is 30.3 Å². The maximum absolute atomic E-state index is 12.8. The molecule has 4 rings (SSSR count). The lowest BCUT2D eigenvalue weighted by atomic mass is 10.00. The second-order valence-corrected chi connectivity index (χ2v) is 7.67. The van der Waals surface area contributed by atoms with Gasteiger partial charge in [0.05, 0.1) is 0 Å². The molecule has 0 unspecified atom stereocenters. The van der Waals surface area contributed by atoms with Crippen molar-refractivity contribution in [2.24, 2.45) is 4.99 Å². The molecule has 0 aliphatic carbocycles. The molecule has 0 saturated carbocycles. The maximum atomic E-state index is 12.8. The topological polar surface area (TPSA) is 64.1 Å². The van der Waals surface area contributed by atoms with Gasteiger partial charge in [-0.2, -0.15) is 0 Å². The molecular weight excluding hydrogens is 376 g/mol. The molecule has 0 bridgehead atoms. The number of fused-ring (bicyclic) bond motifs is 1. The number of hydrogen-bond acceptors (Lipinski definition) is 4. The SMILES string of the molecule is CCNC(=NCC(=O)N1CCc2ccccc2C1)N1CCN(c2ccccn2)CC1. The quantitative estimate of drug-likeness (QED) is 0.619. The van der Waals surface area contributed by atoms with E-state index in [1.54, 1.807) is 0 Å². The lowest BCUT2D eigenvalue weighted by molar-refractivity contribution is -0.130. The summed E-state index contributed by atoms with van der Waals surface area (Å²) in [6.45, 7) is 7.96. The summed E-state index contributed by atoms with van der Waals surface area (Å²) in [5, 5.41) is 3.35. The van der Waals surface area contributed by atoms with Gasteiger partial charge < -0.3 is 20.0 Å². The van der Waals surface area contributed by atoms with E-state index in [0.29, 0.717) is 6.54 Å². The van der Waals surface area contributed by atoms with Gasteiger partial charge in [0.25, 0.3) is 0 Å². The zero-order chi connectivity index (χ0) is 20.8. The van der Waals surface area contributed by atoms with Crippen molar-refractivity contribution < 1.29 is 4.79 Å². The van der Waals surface area contributed by atoms with E-state index in [0.717, 1.165) is 57.5 Å². The lowest BCUT2D eigenvalue weighted by Crippen LogP contribution is -2.53. The van der Waals surface area contributed by atoms with Crippen LogP contribution in [0.25, 0.3) is 0 Å². The molecule has 1 saturated heterocycles. The van der Waals surface area contributed by atoms with Gasteiger partial charge in [-0.15, -0.1) is 0 Å². The second-order valence-electron chi connectivity index (χ2n) is 7.67. The molecule has 1 amide bonds. The molecule has 2 aromatic rings. The van der Waals surface area contributed by atoms with Crippen LogP contribution >= 0.6 is 0 Å². The molecule has 0 radical (unpaired) electrons. The minimum absolute atomic E-state index is 0.0898. The van der Waals surface area contributed by atoms with E-state index in [-0.39, 0.29) is 12.5 Å². The van der Waals surface area contributed by atoms with E-state index in [1.807, 2.05) is 35.4 Å². The van der Waals surface area contributed by atoms with Crippen molar-refractivity contribution in [3.63, 3.8) is 0 Å². The summed E-state index contributed by atoms with van der Waals surface area (Å²) >= 11 is 0. The highest BCUT2D eigenvalue weighted by Gasteiger charge is 2.22. The van der Waals surface area contributed by atoms with Gasteiger partial charge in [0.1, 0.15) is 12.4 Å². The summed E-state index contributed by atoms with van der Waals surface area (Å²) in [6, 6.07) is 14.4. The number of aliphatic imine (C=N–C) groups is 1. The highest BCUT2D eigenvalue weighted by molar-refractivity contribution is 5.85. The first-order valence-electron chi connectivity index (χ1n) is 10.8. The molecule has 7 nitrogen and oxygen atoms in total. The van der Waals surface area contributed by atoms with Gasteiger partial charge in [-0.3, -0.25) is 4.79 Å². The van der Waals surface area contributed by atoms with Crippen molar-refractivity contribution in [3.8, 4) is 0 Å². The summed E-state index contributed by atoms with van der Waals surface area (Å²) in [7, 11) is 0. The molecule has 1 aromatic carbocycles. The number of pyridine rings is 1. The smallest absolute Gasteiger partial charge is 0.244 e. The largest absolute Gasteiger partial charge is 0.357 e. The van der Waals surface area contributed by atoms with Crippen LogP contribution in [-0.4, -0.2) is 72.5 Å². The van der Waals surface area contributed by atoms with E-state index in [2.05, 4.69) is 50.2 Å². The molecule has 0 atom stereocenters. The van der Waals surface area contributed by atoms with Crippen molar-refractivity contribution in [1.82, 2.24) is 20.1 Å². The van der Waals surface area contributed by atoms with Crippen LogP contribution in [0.5, 0.6) is 0 Å². The van der Waals surface area contributed by atoms with Crippen molar-refractivity contribution in [1.29, 1.82) is 0 Å². The average Bonchev–Trinajstić information content (AvgIpc) is 2.82. The van der Waals surface area contributed by atoms with Gasteiger partial charge in [0, 0.05) is 52.0 Å². The van der Waals surface area contributed by atoms with Crippen LogP contribution < -0.4 is 10.2 Å². The number of carbonyl (C=O) groups excluding carboxylic acids is 1. The Hall–Kier alpha value is -3.09. The maximum Gasteiger partial charge on any atom is 0.244 e. The van der Waals surface area contributed by atoms with Crippen LogP contribution in [0.2, 0.25) is 0 Å². The molecule has 158 valence electrons. The van der Waals surface area contributed by atoms with Gasteiger partial charge in [-0.25, -0.2) is 9.98 Å². The van der Waals surface area contributed by atoms with Crippen molar-refractivity contribution >= 4 is 17.7 Å². The molecule has 1 aromatic heterocycles. The Balaban J connectivity index is 1.34. The van der Waals surface area contributed by atoms with E-state index >= 15 is 0 Å². The second kappa shape index (κ2) is 9.61. The van der Waals surface area contributed by atoms with Crippen molar-refractivity contribution in [3.05, 3.63) is 59.8 Å². The number of piperazine rings is 1. The number of nitrogens with zero attached hydrogens (tertiary/aromatic N) is 5. The van der Waals surface area contributed by atoms with E-state index in [4.69, 9.17) is 0 Å². The van der Waals surface area contributed by atoms with Crippen molar-refractivity contribution in [2.45, 2.75) is 19.9 Å². The number of rotatable bonds is 4. The number of anilines is 1. The molecule has 7 heteroatoms. The number of aromatic nitrogens is 1. The number of hydrogen-bond donors (Lipinski definition) is 1. The highest BCUT2D eigenvalue weighted by Crippen LogP contribution is 2.18. The first-order chi connectivity index (χ1) is 14.7. The summed E-state index contributed by atoms with van der Waals surface area (Å²) in [5.41, 5.74) is 2.60. The van der Waals surface area contributed by atoms with E-state index in [9.17, 15) is 4.79 Å². The number of amides is 1. The summed E-state index contributed by atoms with van der Waals surface area (Å²) in [6.07, 6.45) is 2.75. The van der Waals surface area contributed by atoms with E-state index in [1.165, 1.54) is 11.1 Å². The number of benzene rings is 1. The number of nitrogens with one attached hydrogen (secondary N) is 1. The fourth-order valence-corrected chi connectivity index (χ4v) is 4.07. The normalized spacial score (nSPS) is 17.0. The Morgan fingerprint density at radius 1 is 1.00 bits per heavy atom. The fraction of sp³-hybridized carbons (Fsp3) is 0.435. The Bertz CT molecular complexity index is 876. The summed E-state index contributed by atoms with van der Waals surface area (Å²) in [5.74, 6) is 1.93. The molecule has 30 heavy (non-hydrogen) atoms. The average molecular weight is 407 g/mol. The van der Waals surface area contributed by atoms with Crippen LogP contribution in [0.3, 0.4) is 0 Å². The predicted molar refractivity (Wildman–Crippen MR) is 120 cm³/mol. The minimum Gasteiger partial charge on any atom is -0.357 e. The summed E-state index contributed by atoms with van der Waals surface area (Å²) < 4.78 is 0. The van der Waals surface area contributed by atoms with Crippen LogP contribution in [0.4, 0.5) is 5.82 Å².